The van der Waals surface area contributed by atoms with E-state index >= 15 is 0 Å². The fourth-order valence-corrected chi connectivity index (χ4v) is 1.91. The minimum Gasteiger partial charge on any atom is -0.362 e. The fourth-order valence-electron chi connectivity index (χ4n) is 1.02. The lowest BCUT2D eigenvalue weighted by atomic mass is 10.2. The van der Waals surface area contributed by atoms with E-state index in [0.29, 0.717) is 0 Å². The highest BCUT2D eigenvalue weighted by Crippen LogP contribution is 2.36. The summed E-state index contributed by atoms with van der Waals surface area (Å²) in [5.41, 5.74) is 1.51. The lowest BCUT2D eigenvalue weighted by Crippen LogP contribution is -2.24. The van der Waals surface area contributed by atoms with Gasteiger partial charge in [-0.05, 0) is 11.4 Å². The quantitative estimate of drug-likeness (QED) is 0.510. The second-order valence-corrected chi connectivity index (χ2v) is 3.00. The molecule has 0 saturated carbocycles. The molecular weight excluding hydrogens is 118 g/mol. The molecule has 0 N–H and O–H groups in total. The van der Waals surface area contributed by atoms with Crippen molar-refractivity contribution in [2.45, 2.75) is 6.54 Å². The summed E-state index contributed by atoms with van der Waals surface area (Å²) in [6, 6.07) is 2.19. The van der Waals surface area contributed by atoms with E-state index in [-0.39, 0.29) is 0 Å². The van der Waals surface area contributed by atoms with Crippen molar-refractivity contribution in [3.63, 3.8) is 0 Å². The van der Waals surface area contributed by atoms with Crippen molar-refractivity contribution < 1.29 is 0 Å². The molecule has 0 amide bonds. The summed E-state index contributed by atoms with van der Waals surface area (Å²) in [4.78, 5) is 2.26. The molecule has 0 spiro atoms. The van der Waals surface area contributed by atoms with E-state index in [1.807, 2.05) is 11.3 Å². The van der Waals surface area contributed by atoms with E-state index in [0.717, 1.165) is 6.54 Å². The average molecular weight is 125 g/mol. The van der Waals surface area contributed by atoms with Crippen molar-refractivity contribution >= 4 is 16.3 Å². The maximum absolute atomic E-state index is 2.26. The molecule has 1 nitrogen and oxygen atoms in total. The fraction of sp³-hybridized carbons (Fsp3) is 0.333. The topological polar surface area (TPSA) is 3.24 Å². The first-order chi connectivity index (χ1) is 3.88. The molecule has 0 unspecified atom stereocenters. The molecule has 0 aromatic carbocycles. The number of fused-ring (bicyclic) bond motifs is 1. The normalized spacial score (nSPS) is 15.4. The first-order valence-electron chi connectivity index (χ1n) is 2.65. The Kier molecular flexibility index (Phi) is 0.690. The number of hydrogen-bond donors (Lipinski definition) is 0. The van der Waals surface area contributed by atoms with Crippen LogP contribution in [0.15, 0.2) is 11.4 Å². The molecule has 42 valence electrons. The van der Waals surface area contributed by atoms with Gasteiger partial charge in [0.15, 0.2) is 0 Å². The molecule has 0 fully saturated rings. The molecule has 1 aromatic rings. The third-order valence-electron chi connectivity index (χ3n) is 1.48. The van der Waals surface area contributed by atoms with Gasteiger partial charge >= 0.3 is 0 Å². The standard InChI is InChI=1S/C6H7NS/c1-7-4-5-2-3-8-6(5)7/h2-3H,4H2,1H3. The predicted octanol–water partition coefficient (Wildman–Crippen LogP) is 1.70. The van der Waals surface area contributed by atoms with Crippen molar-refractivity contribution in [3.8, 4) is 0 Å². The molecule has 1 aliphatic rings. The number of thiophene rings is 1. The highest BCUT2D eigenvalue weighted by Gasteiger charge is 2.18. The summed E-state index contributed by atoms with van der Waals surface area (Å²) in [6.07, 6.45) is 0. The number of anilines is 1. The summed E-state index contributed by atoms with van der Waals surface area (Å²) in [5, 5.41) is 3.60. The molecular formula is C6H7NS. The van der Waals surface area contributed by atoms with Crippen LogP contribution in [-0.4, -0.2) is 7.05 Å². The zero-order chi connectivity index (χ0) is 5.56. The van der Waals surface area contributed by atoms with Gasteiger partial charge in [0.1, 0.15) is 0 Å². The molecule has 2 heterocycles. The van der Waals surface area contributed by atoms with Gasteiger partial charge in [-0.25, -0.2) is 0 Å². The molecule has 0 saturated heterocycles. The Bertz CT molecular complexity index is 204. The van der Waals surface area contributed by atoms with Crippen LogP contribution in [0, 0.1) is 0 Å². The predicted molar refractivity (Wildman–Crippen MR) is 36.4 cm³/mol. The number of hydrogen-bond acceptors (Lipinski definition) is 2. The Balaban J connectivity index is 2.53. The third kappa shape index (κ3) is 0.364. The molecule has 1 aliphatic heterocycles. The zero-order valence-electron chi connectivity index (χ0n) is 4.72. The van der Waals surface area contributed by atoms with E-state index in [1.54, 1.807) is 0 Å². The van der Waals surface area contributed by atoms with Gasteiger partial charge < -0.3 is 4.90 Å². The SMILES string of the molecule is CN1Cc2ccsc21. The molecule has 0 atom stereocenters. The van der Waals surface area contributed by atoms with Crippen LogP contribution in [0.2, 0.25) is 0 Å². The van der Waals surface area contributed by atoms with Gasteiger partial charge in [-0.2, -0.15) is 0 Å². The van der Waals surface area contributed by atoms with Gasteiger partial charge in [0.2, 0.25) is 0 Å². The smallest absolute Gasteiger partial charge is 0.0959 e. The van der Waals surface area contributed by atoms with Crippen LogP contribution in [0.5, 0.6) is 0 Å². The maximum atomic E-state index is 2.26. The Morgan fingerprint density at radius 3 is 3.12 bits per heavy atom. The zero-order valence-corrected chi connectivity index (χ0v) is 5.53. The van der Waals surface area contributed by atoms with Crippen LogP contribution in [0.4, 0.5) is 5.00 Å². The summed E-state index contributed by atoms with van der Waals surface area (Å²) in [5.74, 6) is 0. The Hall–Kier alpha value is -0.500. The van der Waals surface area contributed by atoms with E-state index in [9.17, 15) is 0 Å². The van der Waals surface area contributed by atoms with Crippen LogP contribution in [0.3, 0.4) is 0 Å². The van der Waals surface area contributed by atoms with E-state index < -0.39 is 0 Å². The minimum atomic E-state index is 1.15. The molecule has 2 rings (SSSR count). The van der Waals surface area contributed by atoms with Gasteiger partial charge in [0, 0.05) is 19.2 Å². The largest absolute Gasteiger partial charge is 0.362 e. The average Bonchev–Trinajstić information content (AvgIpc) is 2.09. The molecule has 0 aliphatic carbocycles. The Morgan fingerprint density at radius 2 is 2.62 bits per heavy atom. The summed E-state index contributed by atoms with van der Waals surface area (Å²) in [7, 11) is 2.12. The van der Waals surface area contributed by atoms with Crippen molar-refractivity contribution in [1.29, 1.82) is 0 Å². The van der Waals surface area contributed by atoms with Crippen LogP contribution < -0.4 is 4.90 Å². The van der Waals surface area contributed by atoms with Gasteiger partial charge in [-0.3, -0.25) is 0 Å². The highest BCUT2D eigenvalue weighted by molar-refractivity contribution is 7.14. The lowest BCUT2D eigenvalue weighted by molar-refractivity contribution is 0.858. The minimum absolute atomic E-state index is 1.15. The van der Waals surface area contributed by atoms with Gasteiger partial charge in [-0.15, -0.1) is 11.3 Å². The summed E-state index contributed by atoms with van der Waals surface area (Å²) >= 11 is 1.83. The molecule has 0 bridgehead atoms. The molecule has 8 heavy (non-hydrogen) atoms. The second kappa shape index (κ2) is 1.26. The van der Waals surface area contributed by atoms with E-state index in [4.69, 9.17) is 0 Å². The Labute approximate surface area is 52.6 Å². The van der Waals surface area contributed by atoms with Crippen LogP contribution in [0.25, 0.3) is 0 Å². The van der Waals surface area contributed by atoms with Crippen LogP contribution in [0.1, 0.15) is 5.56 Å². The third-order valence-corrected chi connectivity index (χ3v) is 2.55. The molecule has 0 radical (unpaired) electrons. The first-order valence-corrected chi connectivity index (χ1v) is 3.53. The number of nitrogens with zero attached hydrogens (tertiary/aromatic N) is 1. The monoisotopic (exact) mass is 125 g/mol. The van der Waals surface area contributed by atoms with Crippen molar-refractivity contribution in [2.75, 3.05) is 11.9 Å². The van der Waals surface area contributed by atoms with Gasteiger partial charge in [0.05, 0.1) is 5.00 Å². The van der Waals surface area contributed by atoms with Crippen LogP contribution in [-0.2, 0) is 6.54 Å². The Morgan fingerprint density at radius 1 is 1.75 bits per heavy atom. The van der Waals surface area contributed by atoms with Gasteiger partial charge in [0.25, 0.3) is 0 Å². The molecule has 1 aromatic heterocycles. The lowest BCUT2D eigenvalue weighted by Gasteiger charge is -2.27. The summed E-state index contributed by atoms with van der Waals surface area (Å²) in [6.45, 7) is 1.15. The first kappa shape index (κ1) is 4.39. The summed E-state index contributed by atoms with van der Waals surface area (Å²) < 4.78 is 0. The molecule has 2 heteroatoms. The number of rotatable bonds is 0. The van der Waals surface area contributed by atoms with E-state index in [1.165, 1.54) is 10.6 Å². The van der Waals surface area contributed by atoms with E-state index in [2.05, 4.69) is 23.4 Å². The van der Waals surface area contributed by atoms with Crippen LogP contribution >= 0.6 is 11.3 Å². The van der Waals surface area contributed by atoms with Gasteiger partial charge in [-0.1, -0.05) is 0 Å². The van der Waals surface area contributed by atoms with Crippen molar-refractivity contribution in [1.82, 2.24) is 0 Å². The maximum Gasteiger partial charge on any atom is 0.0959 e. The second-order valence-electron chi connectivity index (χ2n) is 2.11. The van der Waals surface area contributed by atoms with Crippen molar-refractivity contribution in [2.24, 2.45) is 0 Å². The highest BCUT2D eigenvalue weighted by atomic mass is 32.1. The van der Waals surface area contributed by atoms with Crippen molar-refractivity contribution in [3.05, 3.63) is 17.0 Å².